The lowest BCUT2D eigenvalue weighted by Gasteiger charge is -2.05. The molecule has 2 aromatic heterocycles. The Balaban J connectivity index is 1.54. The third-order valence-corrected chi connectivity index (χ3v) is 5.31. The molecule has 0 atom stereocenters. The van der Waals surface area contributed by atoms with Crippen molar-refractivity contribution < 1.29 is 17.9 Å². The molecule has 0 aliphatic carbocycles. The van der Waals surface area contributed by atoms with Crippen molar-refractivity contribution in [1.29, 1.82) is 0 Å². The Labute approximate surface area is 128 Å². The zero-order chi connectivity index (χ0) is 15.2. The number of ether oxygens (including phenoxy) is 2. The zero-order valence-corrected chi connectivity index (χ0v) is 12.6. The number of sulfonamides is 1. The number of rotatable bonds is 4. The molecule has 0 unspecified atom stereocenters. The highest BCUT2D eigenvalue weighted by atomic mass is 32.2. The van der Waals surface area contributed by atoms with Gasteiger partial charge in [0.1, 0.15) is 11.3 Å². The van der Waals surface area contributed by atoms with Crippen LogP contribution >= 0.6 is 11.3 Å². The SMILES string of the molecule is O=S(=O)(NCc1nn2cnnc2s1)c1ccc2c(c1)OCO2. The Morgan fingerprint density at radius 2 is 2.18 bits per heavy atom. The molecule has 4 rings (SSSR count). The van der Waals surface area contributed by atoms with Gasteiger partial charge in [0.2, 0.25) is 21.8 Å². The van der Waals surface area contributed by atoms with Crippen molar-refractivity contribution in [2.24, 2.45) is 0 Å². The average molecular weight is 339 g/mol. The van der Waals surface area contributed by atoms with E-state index in [-0.39, 0.29) is 18.2 Å². The molecule has 1 aliphatic rings. The lowest BCUT2D eigenvalue weighted by molar-refractivity contribution is 0.174. The summed E-state index contributed by atoms with van der Waals surface area (Å²) in [4.78, 5) is 0.719. The number of nitrogens with one attached hydrogen (secondary N) is 1. The largest absolute Gasteiger partial charge is 0.454 e. The van der Waals surface area contributed by atoms with Gasteiger partial charge in [0.15, 0.2) is 11.5 Å². The van der Waals surface area contributed by atoms with Crippen molar-refractivity contribution in [3.05, 3.63) is 29.5 Å². The third kappa shape index (κ3) is 2.28. The fourth-order valence-corrected chi connectivity index (χ4v) is 3.80. The van der Waals surface area contributed by atoms with E-state index in [4.69, 9.17) is 9.47 Å². The molecule has 0 bridgehead atoms. The van der Waals surface area contributed by atoms with Crippen molar-refractivity contribution in [2.75, 3.05) is 6.79 Å². The standard InChI is InChI=1S/C11H9N5O4S2/c17-22(18,7-1-2-8-9(3-7)20-6-19-8)13-4-10-15-16-5-12-14-11(16)21-10/h1-3,5,13H,4,6H2. The van der Waals surface area contributed by atoms with Crippen LogP contribution in [0, 0.1) is 0 Å². The highest BCUT2D eigenvalue weighted by Crippen LogP contribution is 2.33. The molecule has 114 valence electrons. The van der Waals surface area contributed by atoms with E-state index < -0.39 is 10.0 Å². The Hall–Kier alpha value is -2.24. The first-order valence-electron chi connectivity index (χ1n) is 6.17. The van der Waals surface area contributed by atoms with Crippen molar-refractivity contribution >= 4 is 26.3 Å². The predicted molar refractivity (Wildman–Crippen MR) is 75.2 cm³/mol. The van der Waals surface area contributed by atoms with E-state index >= 15 is 0 Å². The van der Waals surface area contributed by atoms with Crippen LogP contribution in [0.25, 0.3) is 4.96 Å². The van der Waals surface area contributed by atoms with Gasteiger partial charge < -0.3 is 9.47 Å². The first kappa shape index (κ1) is 13.4. The van der Waals surface area contributed by atoms with Crippen LogP contribution in [0.2, 0.25) is 0 Å². The zero-order valence-electron chi connectivity index (χ0n) is 11.0. The smallest absolute Gasteiger partial charge is 0.241 e. The van der Waals surface area contributed by atoms with Crippen molar-refractivity contribution in [2.45, 2.75) is 11.4 Å². The third-order valence-electron chi connectivity index (χ3n) is 3.00. The van der Waals surface area contributed by atoms with Crippen LogP contribution < -0.4 is 14.2 Å². The van der Waals surface area contributed by atoms with Crippen LogP contribution in [0.4, 0.5) is 0 Å². The van der Waals surface area contributed by atoms with Gasteiger partial charge in [0.25, 0.3) is 0 Å². The molecular formula is C11H9N5O4S2. The van der Waals surface area contributed by atoms with Gasteiger partial charge in [-0.15, -0.1) is 10.2 Å². The molecule has 0 fully saturated rings. The van der Waals surface area contributed by atoms with Gasteiger partial charge >= 0.3 is 0 Å². The van der Waals surface area contributed by atoms with E-state index in [0.717, 1.165) is 0 Å². The lowest BCUT2D eigenvalue weighted by atomic mass is 10.3. The monoisotopic (exact) mass is 339 g/mol. The molecule has 3 aromatic rings. The van der Waals surface area contributed by atoms with Gasteiger partial charge in [-0.3, -0.25) is 0 Å². The molecule has 22 heavy (non-hydrogen) atoms. The fourth-order valence-electron chi connectivity index (χ4n) is 1.96. The highest BCUT2D eigenvalue weighted by molar-refractivity contribution is 7.89. The number of hydrogen-bond donors (Lipinski definition) is 1. The molecule has 0 saturated carbocycles. The Kier molecular flexibility index (Phi) is 2.99. The molecule has 1 aliphatic heterocycles. The summed E-state index contributed by atoms with van der Waals surface area (Å²) in [5, 5.41) is 12.3. The summed E-state index contributed by atoms with van der Waals surface area (Å²) in [6.07, 6.45) is 1.46. The minimum atomic E-state index is -3.66. The van der Waals surface area contributed by atoms with E-state index in [1.165, 1.54) is 34.3 Å². The Morgan fingerprint density at radius 1 is 1.32 bits per heavy atom. The Bertz CT molecular complexity index is 920. The predicted octanol–water partition coefficient (Wildman–Crippen LogP) is 0.393. The van der Waals surface area contributed by atoms with Crippen LogP contribution in [0.15, 0.2) is 29.4 Å². The second-order valence-corrected chi connectivity index (χ2v) is 7.20. The van der Waals surface area contributed by atoms with E-state index in [9.17, 15) is 8.42 Å². The Morgan fingerprint density at radius 3 is 3.05 bits per heavy atom. The number of nitrogens with zero attached hydrogens (tertiary/aromatic N) is 4. The van der Waals surface area contributed by atoms with Crippen LogP contribution in [0.5, 0.6) is 11.5 Å². The number of benzene rings is 1. The summed E-state index contributed by atoms with van der Waals surface area (Å²) in [7, 11) is -3.66. The molecule has 9 nitrogen and oxygen atoms in total. The van der Waals surface area contributed by atoms with E-state index in [0.29, 0.717) is 21.5 Å². The molecule has 0 amide bonds. The van der Waals surface area contributed by atoms with Gasteiger partial charge in [-0.05, 0) is 12.1 Å². The van der Waals surface area contributed by atoms with Crippen LogP contribution in [0.3, 0.4) is 0 Å². The first-order chi connectivity index (χ1) is 10.6. The summed E-state index contributed by atoms with van der Waals surface area (Å²) < 4.78 is 38.9. The van der Waals surface area contributed by atoms with E-state index in [2.05, 4.69) is 20.0 Å². The van der Waals surface area contributed by atoms with Crippen molar-refractivity contribution in [3.8, 4) is 11.5 Å². The maximum Gasteiger partial charge on any atom is 0.241 e. The lowest BCUT2D eigenvalue weighted by Crippen LogP contribution is -2.23. The van der Waals surface area contributed by atoms with Gasteiger partial charge in [-0.1, -0.05) is 11.3 Å². The molecule has 0 radical (unpaired) electrons. The van der Waals surface area contributed by atoms with Gasteiger partial charge in [0.05, 0.1) is 11.4 Å². The highest BCUT2D eigenvalue weighted by Gasteiger charge is 2.20. The quantitative estimate of drug-likeness (QED) is 0.732. The minimum Gasteiger partial charge on any atom is -0.454 e. The molecule has 11 heteroatoms. The molecule has 0 saturated heterocycles. The second kappa shape index (κ2) is 4.90. The molecule has 3 heterocycles. The van der Waals surface area contributed by atoms with Crippen molar-refractivity contribution in [3.63, 3.8) is 0 Å². The van der Waals surface area contributed by atoms with Crippen molar-refractivity contribution in [1.82, 2.24) is 24.5 Å². The molecule has 1 aromatic carbocycles. The van der Waals surface area contributed by atoms with Gasteiger partial charge in [0, 0.05) is 6.07 Å². The topological polar surface area (TPSA) is 108 Å². The fraction of sp³-hybridized carbons (Fsp3) is 0.182. The minimum absolute atomic E-state index is 0.0742. The first-order valence-corrected chi connectivity index (χ1v) is 8.47. The van der Waals surface area contributed by atoms with E-state index in [1.807, 2.05) is 0 Å². The van der Waals surface area contributed by atoms with Gasteiger partial charge in [-0.25, -0.2) is 13.1 Å². The second-order valence-electron chi connectivity index (χ2n) is 4.39. The van der Waals surface area contributed by atoms with Crippen LogP contribution in [-0.4, -0.2) is 35.0 Å². The maximum absolute atomic E-state index is 12.3. The van der Waals surface area contributed by atoms with Gasteiger partial charge in [-0.2, -0.15) is 9.61 Å². The summed E-state index contributed by atoms with van der Waals surface area (Å²) in [5.41, 5.74) is 0. The van der Waals surface area contributed by atoms with Crippen LogP contribution in [0.1, 0.15) is 5.01 Å². The molecule has 1 N–H and O–H groups in total. The number of aromatic nitrogens is 4. The summed E-state index contributed by atoms with van der Waals surface area (Å²) in [5.74, 6) is 0.953. The van der Waals surface area contributed by atoms with Crippen LogP contribution in [-0.2, 0) is 16.6 Å². The summed E-state index contributed by atoms with van der Waals surface area (Å²) >= 11 is 1.27. The normalized spacial score (nSPS) is 13.8. The maximum atomic E-state index is 12.3. The average Bonchev–Trinajstić information content (AvgIpc) is 3.19. The number of fused-ring (bicyclic) bond motifs is 2. The van der Waals surface area contributed by atoms with E-state index in [1.54, 1.807) is 6.07 Å². The molecule has 0 spiro atoms. The number of hydrogen-bond acceptors (Lipinski definition) is 8. The summed E-state index contributed by atoms with van der Waals surface area (Å²) in [6, 6.07) is 4.47. The molecular weight excluding hydrogens is 330 g/mol. The summed E-state index contributed by atoms with van der Waals surface area (Å²) in [6.45, 7) is 0.171.